The van der Waals surface area contributed by atoms with Crippen LogP contribution in [0.15, 0.2) is 24.3 Å². The predicted molar refractivity (Wildman–Crippen MR) is 88.4 cm³/mol. The lowest BCUT2D eigenvalue weighted by Crippen LogP contribution is -2.44. The fourth-order valence-corrected chi connectivity index (χ4v) is 3.06. The van der Waals surface area contributed by atoms with E-state index in [9.17, 15) is 22.8 Å². The van der Waals surface area contributed by atoms with Gasteiger partial charge in [-0.3, -0.25) is 9.59 Å². The maximum Gasteiger partial charge on any atom is 0.389 e. The molecule has 0 aliphatic carbocycles. The Morgan fingerprint density at radius 1 is 1.28 bits per heavy atom. The maximum atomic E-state index is 12.2. The quantitative estimate of drug-likeness (QED) is 0.852. The highest BCUT2D eigenvalue weighted by Gasteiger charge is 2.30. The van der Waals surface area contributed by atoms with Crippen LogP contribution in [0.3, 0.4) is 0 Å². The predicted octanol–water partition coefficient (Wildman–Crippen LogP) is 3.65. The monoisotopic (exact) mass is 376 g/mol. The van der Waals surface area contributed by atoms with Crippen molar-refractivity contribution in [2.24, 2.45) is 5.92 Å². The summed E-state index contributed by atoms with van der Waals surface area (Å²) in [6.07, 6.45) is -4.43. The van der Waals surface area contributed by atoms with Gasteiger partial charge >= 0.3 is 6.18 Å². The molecule has 2 amide bonds. The highest BCUT2D eigenvalue weighted by Crippen LogP contribution is 2.23. The van der Waals surface area contributed by atoms with Crippen LogP contribution in [0.4, 0.5) is 13.2 Å². The Morgan fingerprint density at radius 2 is 2.00 bits per heavy atom. The van der Waals surface area contributed by atoms with Crippen molar-refractivity contribution >= 4 is 23.4 Å². The molecule has 0 spiro atoms. The minimum Gasteiger partial charge on any atom is -0.352 e. The number of hydrogen-bond acceptors (Lipinski definition) is 2. The zero-order chi connectivity index (χ0) is 18.4. The highest BCUT2D eigenvalue weighted by atomic mass is 35.5. The van der Waals surface area contributed by atoms with Gasteiger partial charge in [-0.05, 0) is 30.9 Å². The average molecular weight is 377 g/mol. The number of benzene rings is 1. The molecule has 0 bridgehead atoms. The Balaban J connectivity index is 1.82. The Hall–Kier alpha value is -1.76. The third-order valence-corrected chi connectivity index (χ3v) is 4.49. The minimum atomic E-state index is -4.33. The summed E-state index contributed by atoms with van der Waals surface area (Å²) in [7, 11) is 0. The zero-order valence-corrected chi connectivity index (χ0v) is 14.4. The smallest absolute Gasteiger partial charge is 0.352 e. The molecule has 1 N–H and O–H groups in total. The molecule has 8 heteroatoms. The van der Waals surface area contributed by atoms with E-state index in [1.807, 2.05) is 0 Å². The molecule has 0 saturated carbocycles. The molecular weight excluding hydrogens is 357 g/mol. The normalized spacial score (nSPS) is 18.1. The first kappa shape index (κ1) is 19.6. The summed E-state index contributed by atoms with van der Waals surface area (Å²) in [5.74, 6) is -0.763. The third-order valence-electron chi connectivity index (χ3n) is 4.16. The number of piperidine rings is 1. The van der Waals surface area contributed by atoms with Crippen LogP contribution in [-0.4, -0.2) is 42.5 Å². The van der Waals surface area contributed by atoms with E-state index >= 15 is 0 Å². The molecule has 1 saturated heterocycles. The summed E-state index contributed by atoms with van der Waals surface area (Å²) in [5, 5.41) is 3.14. The van der Waals surface area contributed by atoms with Gasteiger partial charge in [0, 0.05) is 26.1 Å². The number of halogens is 4. The number of alkyl halides is 3. The van der Waals surface area contributed by atoms with E-state index in [1.54, 1.807) is 24.3 Å². The van der Waals surface area contributed by atoms with Gasteiger partial charge in [-0.25, -0.2) is 0 Å². The van der Waals surface area contributed by atoms with Crippen molar-refractivity contribution in [2.75, 3.05) is 19.6 Å². The molecule has 1 aromatic carbocycles. The largest absolute Gasteiger partial charge is 0.389 e. The van der Waals surface area contributed by atoms with Crippen molar-refractivity contribution in [3.63, 3.8) is 0 Å². The second kappa shape index (κ2) is 8.56. The van der Waals surface area contributed by atoms with E-state index in [1.165, 1.54) is 4.90 Å². The molecular formula is C17H20ClF3N2O2. The lowest BCUT2D eigenvalue weighted by Gasteiger charge is -2.33. The van der Waals surface area contributed by atoms with E-state index in [0.29, 0.717) is 36.6 Å². The Kier molecular flexibility index (Phi) is 6.70. The molecule has 1 heterocycles. The number of rotatable bonds is 5. The lowest BCUT2D eigenvalue weighted by molar-refractivity contribution is -0.150. The van der Waals surface area contributed by atoms with Gasteiger partial charge in [0.1, 0.15) is 0 Å². The third kappa shape index (κ3) is 6.23. The molecule has 0 unspecified atom stereocenters. The molecule has 1 atom stereocenters. The van der Waals surface area contributed by atoms with Gasteiger partial charge in [0.15, 0.2) is 0 Å². The highest BCUT2D eigenvalue weighted by molar-refractivity contribution is 6.33. The molecule has 1 fully saturated rings. The van der Waals surface area contributed by atoms with Crippen molar-refractivity contribution in [1.29, 1.82) is 0 Å². The van der Waals surface area contributed by atoms with E-state index in [-0.39, 0.29) is 11.8 Å². The van der Waals surface area contributed by atoms with Crippen LogP contribution >= 0.6 is 11.6 Å². The Morgan fingerprint density at radius 3 is 2.68 bits per heavy atom. The van der Waals surface area contributed by atoms with Crippen molar-refractivity contribution in [3.05, 3.63) is 34.9 Å². The molecule has 0 radical (unpaired) electrons. The van der Waals surface area contributed by atoms with Gasteiger partial charge in [0.25, 0.3) is 5.91 Å². The SMILES string of the molecule is O=C(NC[C@@H]1CCCN(C(=O)CCC(F)(F)F)C1)c1ccccc1Cl. The van der Waals surface area contributed by atoms with Gasteiger partial charge in [0.05, 0.1) is 17.0 Å². The van der Waals surface area contributed by atoms with Gasteiger partial charge in [-0.2, -0.15) is 13.2 Å². The first-order valence-electron chi connectivity index (χ1n) is 8.13. The van der Waals surface area contributed by atoms with E-state index in [0.717, 1.165) is 6.42 Å². The van der Waals surface area contributed by atoms with Crippen LogP contribution < -0.4 is 5.32 Å². The number of likely N-dealkylation sites (tertiary alicyclic amines) is 1. The molecule has 138 valence electrons. The number of amides is 2. The van der Waals surface area contributed by atoms with Crippen LogP contribution in [0.1, 0.15) is 36.0 Å². The van der Waals surface area contributed by atoms with Crippen LogP contribution in [-0.2, 0) is 4.79 Å². The Labute approximate surface area is 149 Å². The summed E-state index contributed by atoms with van der Waals surface area (Å²) < 4.78 is 36.7. The lowest BCUT2D eigenvalue weighted by atomic mass is 9.97. The molecule has 1 aliphatic rings. The first-order chi connectivity index (χ1) is 11.8. The molecule has 25 heavy (non-hydrogen) atoms. The standard InChI is InChI=1S/C17H20ClF3N2O2/c18-14-6-2-1-5-13(14)16(25)22-10-12-4-3-9-23(11-12)15(24)7-8-17(19,20)21/h1-2,5-6,12H,3-4,7-11H2,(H,22,25)/t12-/m0/s1. The molecule has 2 rings (SSSR count). The van der Waals surface area contributed by atoms with Gasteiger partial charge < -0.3 is 10.2 Å². The van der Waals surface area contributed by atoms with E-state index < -0.39 is 24.9 Å². The summed E-state index contributed by atoms with van der Waals surface area (Å²) in [6, 6.07) is 6.68. The van der Waals surface area contributed by atoms with Crippen molar-refractivity contribution < 1.29 is 22.8 Å². The van der Waals surface area contributed by atoms with Gasteiger partial charge in [0.2, 0.25) is 5.91 Å². The first-order valence-corrected chi connectivity index (χ1v) is 8.51. The summed E-state index contributed by atoms with van der Waals surface area (Å²) in [5.41, 5.74) is 0.373. The van der Waals surface area contributed by atoms with Crippen molar-refractivity contribution in [1.82, 2.24) is 10.2 Å². The second-order valence-electron chi connectivity index (χ2n) is 6.15. The zero-order valence-electron chi connectivity index (χ0n) is 13.6. The summed E-state index contributed by atoms with van der Waals surface area (Å²) >= 11 is 5.97. The van der Waals surface area contributed by atoms with Crippen LogP contribution in [0.25, 0.3) is 0 Å². The Bertz CT molecular complexity index is 622. The fourth-order valence-electron chi connectivity index (χ4n) is 2.84. The average Bonchev–Trinajstić information content (AvgIpc) is 2.57. The number of carbonyl (C=O) groups is 2. The van der Waals surface area contributed by atoms with Crippen LogP contribution in [0.2, 0.25) is 5.02 Å². The summed E-state index contributed by atoms with van der Waals surface area (Å²) in [6.45, 7) is 1.18. The van der Waals surface area contributed by atoms with E-state index in [4.69, 9.17) is 11.6 Å². The molecule has 4 nitrogen and oxygen atoms in total. The van der Waals surface area contributed by atoms with Crippen LogP contribution in [0.5, 0.6) is 0 Å². The second-order valence-corrected chi connectivity index (χ2v) is 6.56. The number of nitrogens with zero attached hydrogens (tertiary/aromatic N) is 1. The van der Waals surface area contributed by atoms with Crippen molar-refractivity contribution in [2.45, 2.75) is 31.9 Å². The number of carbonyl (C=O) groups excluding carboxylic acids is 2. The molecule has 1 aromatic rings. The fraction of sp³-hybridized carbons (Fsp3) is 0.529. The van der Waals surface area contributed by atoms with Crippen molar-refractivity contribution in [3.8, 4) is 0 Å². The topological polar surface area (TPSA) is 49.4 Å². The number of nitrogens with one attached hydrogen (secondary N) is 1. The van der Waals surface area contributed by atoms with Crippen LogP contribution in [0, 0.1) is 5.92 Å². The maximum absolute atomic E-state index is 12.2. The molecule has 1 aliphatic heterocycles. The number of hydrogen-bond donors (Lipinski definition) is 1. The molecule has 0 aromatic heterocycles. The minimum absolute atomic E-state index is 0.0232. The van der Waals surface area contributed by atoms with E-state index in [2.05, 4.69) is 5.32 Å². The summed E-state index contributed by atoms with van der Waals surface area (Å²) in [4.78, 5) is 25.5. The van der Waals surface area contributed by atoms with Gasteiger partial charge in [-0.15, -0.1) is 0 Å². The van der Waals surface area contributed by atoms with Gasteiger partial charge in [-0.1, -0.05) is 23.7 Å².